The molecule has 2 aliphatic rings. The lowest BCUT2D eigenvalue weighted by Gasteiger charge is -2.47. The number of para-hydroxylation sites is 4. The van der Waals surface area contributed by atoms with Crippen LogP contribution in [-0.2, 0) is 10.8 Å². The van der Waals surface area contributed by atoms with Gasteiger partial charge in [0.15, 0.2) is 0 Å². The van der Waals surface area contributed by atoms with Crippen LogP contribution in [-0.4, -0.2) is 0 Å². The van der Waals surface area contributed by atoms with Crippen molar-refractivity contribution in [2.75, 3.05) is 9.80 Å². The highest BCUT2D eigenvalue weighted by Crippen LogP contribution is 2.63. The van der Waals surface area contributed by atoms with Gasteiger partial charge >= 0.3 is 0 Å². The number of nitrogens with zero attached hydrogens (tertiary/aromatic N) is 2. The van der Waals surface area contributed by atoms with Gasteiger partial charge in [-0.25, -0.2) is 0 Å². The van der Waals surface area contributed by atoms with Crippen molar-refractivity contribution in [2.45, 2.75) is 17.8 Å². The first-order valence-electron chi connectivity index (χ1n) is 32.4. The maximum absolute atomic E-state index is 2.56. The fourth-order valence-electron chi connectivity index (χ4n) is 16.5. The molecule has 0 N–H and O–H groups in total. The number of aryl methyl sites for hydroxylation is 1. The van der Waals surface area contributed by atoms with E-state index in [1.54, 1.807) is 0 Å². The van der Waals surface area contributed by atoms with Gasteiger partial charge in [0.1, 0.15) is 0 Å². The number of hydrogen-bond acceptors (Lipinski definition) is 2. The molecule has 2 nitrogen and oxygen atoms in total. The minimum Gasteiger partial charge on any atom is -0.310 e. The van der Waals surface area contributed by atoms with Crippen LogP contribution >= 0.6 is 0 Å². The zero-order chi connectivity index (χ0) is 61.6. The van der Waals surface area contributed by atoms with E-state index in [4.69, 9.17) is 0 Å². The Morgan fingerprint density at radius 2 is 0.624 bits per heavy atom. The van der Waals surface area contributed by atoms with Crippen molar-refractivity contribution < 1.29 is 0 Å². The Balaban J connectivity index is 0.998. The SMILES string of the molecule is Cc1cccc2cc3cc(-c4c5cccc(-c6cccc7c6C(c6ccccc6)(c6ccccc6)c6ccccc6N7c6ccccc6)c5cc5c(-c6cccc7c6C(c6ccccc6)(c6ccccc6)c6ccccc6N7c6ccccc6)cccc45)ccc3cc12. The Bertz CT molecular complexity index is 5210. The Morgan fingerprint density at radius 1 is 0.237 bits per heavy atom. The Kier molecular flexibility index (Phi) is 12.6. The number of fused-ring (bicyclic) bond motifs is 8. The summed E-state index contributed by atoms with van der Waals surface area (Å²) in [7, 11) is 0. The van der Waals surface area contributed by atoms with Crippen molar-refractivity contribution in [2.24, 2.45) is 0 Å². The van der Waals surface area contributed by atoms with Gasteiger partial charge in [-0.1, -0.05) is 285 Å². The topological polar surface area (TPSA) is 6.48 Å². The molecular weight excluding hydrogens is 1120 g/mol. The van der Waals surface area contributed by atoms with Crippen LogP contribution < -0.4 is 9.80 Å². The molecule has 93 heavy (non-hydrogen) atoms. The molecular formula is C91H62N2. The molecule has 0 amide bonds. The molecule has 0 saturated carbocycles. The summed E-state index contributed by atoms with van der Waals surface area (Å²) < 4.78 is 0. The molecule has 2 aliphatic heterocycles. The fraction of sp³-hybridized carbons (Fsp3) is 0.0330. The first-order valence-corrected chi connectivity index (χ1v) is 32.4. The summed E-state index contributed by atoms with van der Waals surface area (Å²) in [4.78, 5) is 5.01. The van der Waals surface area contributed by atoms with Gasteiger partial charge < -0.3 is 9.80 Å². The third-order valence-corrected chi connectivity index (χ3v) is 20.2. The maximum Gasteiger partial charge on any atom is 0.0748 e. The van der Waals surface area contributed by atoms with Crippen LogP contribution in [0.15, 0.2) is 358 Å². The van der Waals surface area contributed by atoms with E-state index in [2.05, 4.69) is 375 Å². The van der Waals surface area contributed by atoms with Gasteiger partial charge in [0.25, 0.3) is 0 Å². The third-order valence-electron chi connectivity index (χ3n) is 20.2. The van der Waals surface area contributed by atoms with Crippen molar-refractivity contribution in [1.29, 1.82) is 0 Å². The average molecular weight is 1180 g/mol. The standard InChI is InChI=1S/C91H62N2/c1-61-29-24-30-63-57-65-58-64(56-55-62(65)59-78(61)63)87-74-45-25-43-72(76-47-27-53-85-88(76)90(66-31-8-2-9-32-66,67-33-10-3-11-34-67)81-49-20-22-51-83(81)92(85)70-39-16-6-17-40-70)79(74)60-80-73(44-26-46-75(80)87)77-48-28-54-86-89(77)91(68-35-12-4-13-36-68,69-37-14-5-15-38-69)82-50-21-23-52-84(82)93(86)71-41-18-7-19-42-71/h2-60H,1H3. The molecule has 0 atom stereocenters. The van der Waals surface area contributed by atoms with E-state index < -0.39 is 10.8 Å². The second-order valence-corrected chi connectivity index (χ2v) is 25.0. The summed E-state index contributed by atoms with van der Waals surface area (Å²) in [6.45, 7) is 2.22. The molecule has 16 aromatic carbocycles. The summed E-state index contributed by atoms with van der Waals surface area (Å²) in [5, 5.41) is 9.69. The molecule has 2 heteroatoms. The summed E-state index contributed by atoms with van der Waals surface area (Å²) in [5.74, 6) is 0. The van der Waals surface area contributed by atoms with Gasteiger partial charge in [0.2, 0.25) is 0 Å². The van der Waals surface area contributed by atoms with E-state index in [1.807, 2.05) is 0 Å². The Hall–Kier alpha value is -11.8. The molecule has 0 aliphatic carbocycles. The maximum atomic E-state index is 2.56. The lowest BCUT2D eigenvalue weighted by Crippen LogP contribution is -2.38. The first kappa shape index (κ1) is 54.1. The van der Waals surface area contributed by atoms with E-state index in [0.29, 0.717) is 0 Å². The molecule has 436 valence electrons. The second kappa shape index (κ2) is 21.7. The van der Waals surface area contributed by atoms with Crippen molar-refractivity contribution in [1.82, 2.24) is 0 Å². The monoisotopic (exact) mass is 1180 g/mol. The van der Waals surface area contributed by atoms with Crippen LogP contribution in [0.1, 0.15) is 50.1 Å². The van der Waals surface area contributed by atoms with Crippen molar-refractivity contribution >= 4 is 77.2 Å². The minimum atomic E-state index is -0.759. The van der Waals surface area contributed by atoms with Crippen molar-refractivity contribution in [3.8, 4) is 33.4 Å². The zero-order valence-corrected chi connectivity index (χ0v) is 51.5. The largest absolute Gasteiger partial charge is 0.310 e. The predicted octanol–water partition coefficient (Wildman–Crippen LogP) is 23.9. The molecule has 2 heterocycles. The summed E-state index contributed by atoms with van der Waals surface area (Å²) in [6.07, 6.45) is 0. The minimum absolute atomic E-state index is 0.759. The van der Waals surface area contributed by atoms with Crippen molar-refractivity contribution in [3.05, 3.63) is 408 Å². The Morgan fingerprint density at radius 3 is 1.09 bits per heavy atom. The van der Waals surface area contributed by atoms with E-state index in [1.165, 1.54) is 115 Å². The van der Waals surface area contributed by atoms with Crippen LogP contribution in [0.2, 0.25) is 0 Å². The van der Waals surface area contributed by atoms with E-state index in [-0.39, 0.29) is 0 Å². The second-order valence-electron chi connectivity index (χ2n) is 25.0. The quantitative estimate of drug-likeness (QED) is 0.133. The summed E-state index contributed by atoms with van der Waals surface area (Å²) in [5.41, 5.74) is 23.3. The highest BCUT2D eigenvalue weighted by Gasteiger charge is 2.50. The zero-order valence-electron chi connectivity index (χ0n) is 51.5. The van der Waals surface area contributed by atoms with Gasteiger partial charge in [0.05, 0.1) is 33.6 Å². The van der Waals surface area contributed by atoms with Crippen LogP contribution in [0.3, 0.4) is 0 Å². The molecule has 0 bridgehead atoms. The van der Waals surface area contributed by atoms with Crippen molar-refractivity contribution in [3.63, 3.8) is 0 Å². The molecule has 16 aromatic rings. The van der Waals surface area contributed by atoms with Crippen LogP contribution in [0.4, 0.5) is 34.1 Å². The van der Waals surface area contributed by atoms with E-state index in [0.717, 1.165) is 45.3 Å². The summed E-state index contributed by atoms with van der Waals surface area (Å²) in [6, 6.07) is 135. The van der Waals surface area contributed by atoms with Crippen LogP contribution in [0, 0.1) is 6.92 Å². The molecule has 0 aromatic heterocycles. The molecule has 0 saturated heterocycles. The van der Waals surface area contributed by atoms with Gasteiger partial charge in [-0.3, -0.25) is 0 Å². The smallest absolute Gasteiger partial charge is 0.0748 e. The van der Waals surface area contributed by atoms with Gasteiger partial charge in [-0.05, 0) is 195 Å². The summed E-state index contributed by atoms with van der Waals surface area (Å²) >= 11 is 0. The third kappa shape index (κ3) is 8.15. The molecule has 18 rings (SSSR count). The molecule has 0 unspecified atom stereocenters. The highest BCUT2D eigenvalue weighted by molar-refractivity contribution is 6.20. The molecule has 0 fully saturated rings. The predicted molar refractivity (Wildman–Crippen MR) is 391 cm³/mol. The number of hydrogen-bond donors (Lipinski definition) is 0. The van der Waals surface area contributed by atoms with E-state index in [9.17, 15) is 0 Å². The van der Waals surface area contributed by atoms with Gasteiger partial charge in [0, 0.05) is 22.5 Å². The number of rotatable bonds is 9. The van der Waals surface area contributed by atoms with Crippen LogP contribution in [0.25, 0.3) is 76.5 Å². The normalized spacial score (nSPS) is 13.6. The fourth-order valence-corrected chi connectivity index (χ4v) is 16.5. The lowest BCUT2D eigenvalue weighted by molar-refractivity contribution is 0.733. The number of anilines is 6. The average Bonchev–Trinajstić information content (AvgIpc) is 0.695. The molecule has 0 spiro atoms. The van der Waals surface area contributed by atoms with Crippen LogP contribution in [0.5, 0.6) is 0 Å². The van der Waals surface area contributed by atoms with Gasteiger partial charge in [-0.15, -0.1) is 0 Å². The first-order chi connectivity index (χ1) is 46.1. The van der Waals surface area contributed by atoms with Gasteiger partial charge in [-0.2, -0.15) is 0 Å². The lowest BCUT2D eigenvalue weighted by atomic mass is 9.60. The Labute approximate surface area is 542 Å². The number of benzene rings is 16. The highest BCUT2D eigenvalue weighted by atomic mass is 15.2. The van der Waals surface area contributed by atoms with E-state index >= 15 is 0 Å². The molecule has 0 radical (unpaired) electrons.